The number of hydrogen-bond donors (Lipinski definition) is 0. The molecule has 2 nitrogen and oxygen atoms in total. The molecule has 1 rings (SSSR count). The molecular formula is C8H10ClF3N2. The van der Waals surface area contributed by atoms with E-state index in [2.05, 4.69) is 5.10 Å². The van der Waals surface area contributed by atoms with Crippen LogP contribution in [0.3, 0.4) is 0 Å². The lowest BCUT2D eigenvalue weighted by atomic mass is 10.1. The number of hydrogen-bond acceptors (Lipinski definition) is 1. The predicted octanol–water partition coefficient (Wildman–Crippen LogP) is 3.37. The van der Waals surface area contributed by atoms with Crippen molar-refractivity contribution in [2.75, 3.05) is 0 Å². The maximum atomic E-state index is 12.9. The van der Waals surface area contributed by atoms with Crippen LogP contribution in [0.1, 0.15) is 32.9 Å². The zero-order valence-corrected chi connectivity index (χ0v) is 8.74. The van der Waals surface area contributed by atoms with Crippen molar-refractivity contribution in [2.24, 2.45) is 0 Å². The van der Waals surface area contributed by atoms with Crippen LogP contribution < -0.4 is 0 Å². The van der Waals surface area contributed by atoms with Crippen LogP contribution in [0.4, 0.5) is 13.2 Å². The van der Waals surface area contributed by atoms with E-state index in [1.807, 2.05) is 0 Å². The molecule has 1 aromatic heterocycles. The zero-order valence-electron chi connectivity index (χ0n) is 7.98. The minimum atomic E-state index is -2.83. The largest absolute Gasteiger partial charge is 0.281 e. The van der Waals surface area contributed by atoms with Gasteiger partial charge in [0.2, 0.25) is 0 Å². The Morgan fingerprint density at radius 3 is 2.14 bits per heavy atom. The van der Waals surface area contributed by atoms with Crippen molar-refractivity contribution in [3.8, 4) is 0 Å². The van der Waals surface area contributed by atoms with Crippen LogP contribution in [0.15, 0.2) is 0 Å². The highest BCUT2D eigenvalue weighted by Crippen LogP contribution is 2.32. The van der Waals surface area contributed by atoms with E-state index in [9.17, 15) is 13.2 Å². The molecule has 0 saturated carbocycles. The molecule has 6 heteroatoms. The Kier molecular flexibility index (Phi) is 2.81. The van der Waals surface area contributed by atoms with Gasteiger partial charge in [-0.15, -0.1) is 5.10 Å². The molecule has 0 atom stereocenters. The molecule has 0 aromatic carbocycles. The summed E-state index contributed by atoms with van der Waals surface area (Å²) in [6.45, 7) is 4.92. The summed E-state index contributed by atoms with van der Waals surface area (Å²) in [5, 5.41) is 2.74. The molecule has 80 valence electrons. The van der Waals surface area contributed by atoms with Gasteiger partial charge in [0.1, 0.15) is 10.7 Å². The van der Waals surface area contributed by atoms with Crippen molar-refractivity contribution in [1.82, 2.24) is 9.78 Å². The Labute approximate surface area is 84.7 Å². The molecule has 0 fully saturated rings. The maximum Gasteiger partial charge on any atom is 0.281 e. The van der Waals surface area contributed by atoms with Crippen LogP contribution in [-0.4, -0.2) is 9.78 Å². The van der Waals surface area contributed by atoms with Gasteiger partial charge in [-0.05, 0) is 20.8 Å². The maximum absolute atomic E-state index is 12.9. The molecule has 0 aliphatic heterocycles. The molecule has 0 aliphatic carbocycles. The van der Waals surface area contributed by atoms with Gasteiger partial charge < -0.3 is 0 Å². The molecule has 0 saturated heterocycles. The van der Waals surface area contributed by atoms with Gasteiger partial charge in [-0.1, -0.05) is 11.6 Å². The Morgan fingerprint density at radius 2 is 1.86 bits per heavy atom. The van der Waals surface area contributed by atoms with Crippen LogP contribution in [0.25, 0.3) is 0 Å². The summed E-state index contributed by atoms with van der Waals surface area (Å²) in [4.78, 5) is 0. The van der Waals surface area contributed by atoms with Crippen molar-refractivity contribution in [1.29, 1.82) is 0 Å². The molecule has 1 aromatic rings. The van der Waals surface area contributed by atoms with Crippen LogP contribution in [-0.2, 0) is 5.54 Å². The van der Waals surface area contributed by atoms with Gasteiger partial charge in [0.15, 0.2) is 0 Å². The van der Waals surface area contributed by atoms with Crippen LogP contribution in [0.5, 0.6) is 0 Å². The van der Waals surface area contributed by atoms with E-state index < -0.39 is 28.6 Å². The number of aromatic nitrogens is 2. The van der Waals surface area contributed by atoms with Gasteiger partial charge in [0, 0.05) is 0 Å². The van der Waals surface area contributed by atoms with E-state index in [0.717, 1.165) is 4.68 Å². The molecule has 0 spiro atoms. The summed E-state index contributed by atoms with van der Waals surface area (Å²) >= 11 is 5.38. The highest BCUT2D eigenvalue weighted by atomic mass is 35.5. The second kappa shape index (κ2) is 3.46. The van der Waals surface area contributed by atoms with E-state index in [0.29, 0.717) is 0 Å². The van der Waals surface area contributed by atoms with E-state index >= 15 is 0 Å². The highest BCUT2D eigenvalue weighted by molar-refractivity contribution is 6.31. The molecule has 14 heavy (non-hydrogen) atoms. The normalized spacial score (nSPS) is 12.6. The number of alkyl halides is 2. The minimum absolute atomic E-state index is 0.573. The molecule has 1 heterocycles. The van der Waals surface area contributed by atoms with Crippen molar-refractivity contribution in [3.63, 3.8) is 0 Å². The van der Waals surface area contributed by atoms with Crippen molar-refractivity contribution in [3.05, 3.63) is 16.7 Å². The molecule has 0 radical (unpaired) electrons. The van der Waals surface area contributed by atoms with Crippen molar-refractivity contribution < 1.29 is 13.2 Å². The second-order valence-electron chi connectivity index (χ2n) is 3.87. The Bertz CT molecular complexity index is 341. The third kappa shape index (κ3) is 1.87. The van der Waals surface area contributed by atoms with E-state index in [1.165, 1.54) is 0 Å². The van der Waals surface area contributed by atoms with Crippen molar-refractivity contribution >= 4 is 11.6 Å². The quantitative estimate of drug-likeness (QED) is 0.718. The summed E-state index contributed by atoms with van der Waals surface area (Å²) in [6.07, 6.45) is -2.83. The monoisotopic (exact) mass is 226 g/mol. The first-order valence-corrected chi connectivity index (χ1v) is 4.35. The summed E-state index contributed by atoms with van der Waals surface area (Å²) in [6, 6.07) is 0. The van der Waals surface area contributed by atoms with Gasteiger partial charge in [0.05, 0.1) is 5.54 Å². The smallest absolute Gasteiger partial charge is 0.254 e. The topological polar surface area (TPSA) is 17.8 Å². The number of nitrogens with zero attached hydrogens (tertiary/aromatic N) is 2. The lowest BCUT2D eigenvalue weighted by Gasteiger charge is -2.21. The van der Waals surface area contributed by atoms with Gasteiger partial charge in [-0.25, -0.2) is 8.78 Å². The van der Waals surface area contributed by atoms with Gasteiger partial charge >= 0.3 is 0 Å². The fourth-order valence-corrected chi connectivity index (χ4v) is 1.28. The molecule has 0 N–H and O–H groups in total. The molecule has 0 unspecified atom stereocenters. The second-order valence-corrected chi connectivity index (χ2v) is 4.25. The summed E-state index contributed by atoms with van der Waals surface area (Å²) in [5.74, 6) is -1.06. The lowest BCUT2D eigenvalue weighted by molar-refractivity contribution is 0.130. The molecule has 0 aliphatic rings. The number of halogens is 4. The zero-order chi connectivity index (χ0) is 11.1. The van der Waals surface area contributed by atoms with Gasteiger partial charge in [-0.3, -0.25) is 4.68 Å². The van der Waals surface area contributed by atoms with Gasteiger partial charge in [0.25, 0.3) is 12.4 Å². The summed E-state index contributed by atoms with van der Waals surface area (Å²) < 4.78 is 38.8. The SMILES string of the molecule is CC(C)(C)n1nc(F)c(Cl)c1C(F)F. The Balaban J connectivity index is 3.37. The number of rotatable bonds is 1. The average Bonchev–Trinajstić information content (AvgIpc) is 2.27. The van der Waals surface area contributed by atoms with E-state index in [-0.39, 0.29) is 0 Å². The summed E-state index contributed by atoms with van der Waals surface area (Å²) in [5.41, 5.74) is -1.30. The van der Waals surface area contributed by atoms with Gasteiger partial charge in [-0.2, -0.15) is 4.39 Å². The van der Waals surface area contributed by atoms with Crippen LogP contribution in [0.2, 0.25) is 5.02 Å². The average molecular weight is 227 g/mol. The first kappa shape index (κ1) is 11.4. The Hall–Kier alpha value is -0.710. The van der Waals surface area contributed by atoms with E-state index in [4.69, 9.17) is 11.6 Å². The van der Waals surface area contributed by atoms with Crippen molar-refractivity contribution in [2.45, 2.75) is 32.7 Å². The highest BCUT2D eigenvalue weighted by Gasteiger charge is 2.29. The fraction of sp³-hybridized carbons (Fsp3) is 0.625. The standard InChI is InChI=1S/C8H10ClF3N2/c1-8(2,3)14-5(6(10)11)4(9)7(12)13-14/h6H,1-3H3. The third-order valence-corrected chi connectivity index (χ3v) is 2.01. The molecule has 0 amide bonds. The fourth-order valence-electron chi connectivity index (χ4n) is 1.08. The first-order valence-electron chi connectivity index (χ1n) is 3.97. The minimum Gasteiger partial charge on any atom is -0.254 e. The van der Waals surface area contributed by atoms with Crippen LogP contribution >= 0.6 is 11.6 Å². The molecule has 0 bridgehead atoms. The summed E-state index contributed by atoms with van der Waals surface area (Å²) in [7, 11) is 0. The predicted molar refractivity (Wildman–Crippen MR) is 47.1 cm³/mol. The van der Waals surface area contributed by atoms with Crippen LogP contribution in [0, 0.1) is 5.95 Å². The molecular weight excluding hydrogens is 217 g/mol. The van der Waals surface area contributed by atoms with E-state index in [1.54, 1.807) is 20.8 Å². The third-order valence-electron chi connectivity index (χ3n) is 1.66. The first-order chi connectivity index (χ1) is 6.25. The lowest BCUT2D eigenvalue weighted by Crippen LogP contribution is -2.25. The Morgan fingerprint density at radius 1 is 1.36 bits per heavy atom.